The number of hydrogen-bond acceptors (Lipinski definition) is 10. The molecule has 0 aliphatic carbocycles. The van der Waals surface area contributed by atoms with Gasteiger partial charge in [-0.05, 0) is 81.4 Å². The number of carbonyl (C=O) groups is 2. The lowest BCUT2D eigenvalue weighted by atomic mass is 9.82. The van der Waals surface area contributed by atoms with Gasteiger partial charge in [-0.25, -0.2) is 13.6 Å². The van der Waals surface area contributed by atoms with Crippen LogP contribution in [0, 0.1) is 22.5 Å². The van der Waals surface area contributed by atoms with Crippen molar-refractivity contribution >= 4 is 17.7 Å². The van der Waals surface area contributed by atoms with Gasteiger partial charge >= 0.3 is 18.8 Å². The van der Waals surface area contributed by atoms with E-state index in [1.54, 1.807) is 17.4 Å². The van der Waals surface area contributed by atoms with E-state index in [1.807, 2.05) is 29.7 Å². The third-order valence-corrected chi connectivity index (χ3v) is 12.3. The fourth-order valence-electron chi connectivity index (χ4n) is 8.53. The van der Waals surface area contributed by atoms with Gasteiger partial charge in [0.2, 0.25) is 5.91 Å². The second-order valence-corrected chi connectivity index (χ2v) is 16.8. The molecule has 2 bridgehead atoms. The molecule has 3 aliphatic heterocycles. The van der Waals surface area contributed by atoms with E-state index >= 15 is 8.78 Å². The minimum atomic E-state index is -4.97. The number of benzene rings is 2. The molecular formula is C44H52F7N7O5. The smallest absolute Gasteiger partial charge is 0.407 e. The molecule has 2 amide bonds. The van der Waals surface area contributed by atoms with E-state index in [2.05, 4.69) is 26.3 Å². The van der Waals surface area contributed by atoms with Crippen LogP contribution < -0.4 is 21.3 Å². The Morgan fingerprint density at radius 2 is 1.62 bits per heavy atom. The van der Waals surface area contributed by atoms with Crippen LogP contribution in [0.1, 0.15) is 67.8 Å². The van der Waals surface area contributed by atoms with Crippen LogP contribution in [0.5, 0.6) is 0 Å². The zero-order chi connectivity index (χ0) is 45.6. The van der Waals surface area contributed by atoms with E-state index in [4.69, 9.17) is 15.1 Å². The molecule has 3 aromatic rings. The molecule has 0 radical (unpaired) electrons. The molecule has 6 rings (SSSR count). The zero-order valence-corrected chi connectivity index (χ0v) is 35.0. The molecule has 3 fully saturated rings. The Bertz CT molecular complexity index is 2060. The summed E-state index contributed by atoms with van der Waals surface area (Å²) in [6.45, 7) is -0.772. The number of allylic oxidation sites excluding steroid dienone is 1. The third kappa shape index (κ3) is 11.3. The van der Waals surface area contributed by atoms with E-state index in [-0.39, 0.29) is 12.0 Å². The van der Waals surface area contributed by atoms with Crippen molar-refractivity contribution in [3.63, 3.8) is 0 Å². The molecule has 3 aliphatic rings. The number of nitrogens with zero attached hydrogens (tertiary/aromatic N) is 2. The van der Waals surface area contributed by atoms with Crippen molar-refractivity contribution in [1.82, 2.24) is 31.2 Å². The minimum Gasteiger partial charge on any atom is -0.453 e. The van der Waals surface area contributed by atoms with Gasteiger partial charge in [-0.3, -0.25) is 14.7 Å². The Kier molecular flexibility index (Phi) is 15.2. The lowest BCUT2D eigenvalue weighted by molar-refractivity contribution is -0.220. The molecule has 3 unspecified atom stereocenters. The summed E-state index contributed by atoms with van der Waals surface area (Å²) >= 11 is 0. The number of rotatable bonds is 18. The van der Waals surface area contributed by atoms with Crippen LogP contribution in [0.4, 0.5) is 35.5 Å². The van der Waals surface area contributed by atoms with Crippen LogP contribution in [0.15, 0.2) is 67.0 Å². The highest BCUT2D eigenvalue weighted by atomic mass is 19.4. The van der Waals surface area contributed by atoms with Crippen LogP contribution in [-0.4, -0.2) is 109 Å². The number of methoxy groups -OCH3 is 1. The van der Waals surface area contributed by atoms with Crippen LogP contribution in [-0.2, 0) is 27.2 Å². The van der Waals surface area contributed by atoms with Gasteiger partial charge in [-0.2, -0.15) is 22.0 Å². The van der Waals surface area contributed by atoms with E-state index < -0.39 is 84.3 Å². The van der Waals surface area contributed by atoms with Gasteiger partial charge in [0.25, 0.3) is 0 Å². The van der Waals surface area contributed by atoms with Crippen molar-refractivity contribution < 1.29 is 54.9 Å². The van der Waals surface area contributed by atoms with Gasteiger partial charge in [-0.1, -0.05) is 30.3 Å². The molecule has 6 N–H and O–H groups in total. The third-order valence-electron chi connectivity index (χ3n) is 12.3. The molecule has 342 valence electrons. The first-order valence-electron chi connectivity index (χ1n) is 20.6. The highest BCUT2D eigenvalue weighted by Gasteiger charge is 2.56. The second kappa shape index (κ2) is 20.2. The lowest BCUT2D eigenvalue weighted by Gasteiger charge is -2.46. The maximum atomic E-state index is 15.0. The Morgan fingerprint density at radius 1 is 0.984 bits per heavy atom. The van der Waals surface area contributed by atoms with Crippen LogP contribution >= 0.6 is 0 Å². The number of alkyl halides is 5. The highest BCUT2D eigenvalue weighted by Crippen LogP contribution is 2.45. The molecule has 0 saturated carbocycles. The molecule has 63 heavy (non-hydrogen) atoms. The first kappa shape index (κ1) is 47.4. The lowest BCUT2D eigenvalue weighted by Crippen LogP contribution is -2.62. The maximum Gasteiger partial charge on any atom is 0.407 e. The van der Waals surface area contributed by atoms with Crippen LogP contribution in [0.2, 0.25) is 0 Å². The molecule has 2 aromatic carbocycles. The summed E-state index contributed by atoms with van der Waals surface area (Å²) in [6.07, 6.45) is 0.00574. The fourth-order valence-corrected chi connectivity index (χ4v) is 8.53. The summed E-state index contributed by atoms with van der Waals surface area (Å²) in [5.74, 6) is -3.08. The van der Waals surface area contributed by atoms with Crippen molar-refractivity contribution in [1.29, 1.82) is 5.41 Å². The summed E-state index contributed by atoms with van der Waals surface area (Å²) < 4.78 is 107. The van der Waals surface area contributed by atoms with Crippen molar-refractivity contribution in [3.05, 3.63) is 101 Å². The predicted octanol–water partition coefficient (Wildman–Crippen LogP) is 6.32. The van der Waals surface area contributed by atoms with Gasteiger partial charge in [0.15, 0.2) is 0 Å². The number of pyridine rings is 1. The number of ether oxygens (including phenoxy) is 2. The molecule has 19 heteroatoms. The fraction of sp³-hybridized carbons (Fsp3) is 0.500. The summed E-state index contributed by atoms with van der Waals surface area (Å²) in [6, 6.07) is 10.9. The number of aliphatic hydroxyl groups excluding tert-OH is 1. The average Bonchev–Trinajstić information content (AvgIpc) is 3.44. The normalized spacial score (nSPS) is 20.9. The molecule has 4 heterocycles. The number of aliphatic hydroxyl groups is 1. The quantitative estimate of drug-likeness (QED) is 0.0488. The molecule has 3 saturated heterocycles. The first-order valence-corrected chi connectivity index (χ1v) is 20.6. The van der Waals surface area contributed by atoms with Gasteiger partial charge in [0.1, 0.15) is 17.7 Å². The van der Waals surface area contributed by atoms with Gasteiger partial charge in [-0.15, -0.1) is 0 Å². The summed E-state index contributed by atoms with van der Waals surface area (Å²) in [5.41, 5.74) is -0.713. The Morgan fingerprint density at radius 3 is 2.16 bits per heavy atom. The standard InChI is InChI=1S/C44H52F7N7O5/c1-43(2,44(49,50)51)39(57-42(61)62-3)40(60)56-37(38(59)21-53-20-32-33(45)17-27(18-34(32)46)35(52)12-13-54-41(47)48)14-24-4-6-25(7-5-24)26-8-11-36(55-19-26)28-15-29-9-10-30(16-28)58(29)31-22-63-23-31/h4-8,11-13,17-19,28-31,37-39,41,52-54,59H,9-10,14-16,20-23H2,1-3H3,(H,56,60)(H,57,61)/b13-12-,52-35?/t28?,29?,30?,37-,38-,39?/m0/s1. The summed E-state index contributed by atoms with van der Waals surface area (Å²) in [5, 5.41) is 28.1. The molecule has 5 atom stereocenters. The second-order valence-electron chi connectivity index (χ2n) is 16.8. The van der Waals surface area contributed by atoms with Crippen molar-refractivity contribution in [3.8, 4) is 11.1 Å². The number of carbonyl (C=O) groups excluding carboxylic acids is 2. The summed E-state index contributed by atoms with van der Waals surface area (Å²) in [4.78, 5) is 33.3. The number of amides is 2. The highest BCUT2D eigenvalue weighted by molar-refractivity contribution is 6.06. The Balaban J connectivity index is 1.15. The first-order chi connectivity index (χ1) is 29.9. The molecule has 1 aromatic heterocycles. The van der Waals surface area contributed by atoms with Crippen molar-refractivity contribution in [2.24, 2.45) is 5.41 Å². The predicted molar refractivity (Wildman–Crippen MR) is 219 cm³/mol. The van der Waals surface area contributed by atoms with Crippen molar-refractivity contribution in [2.45, 2.75) is 107 Å². The number of fused-ring (bicyclic) bond motifs is 2. The largest absolute Gasteiger partial charge is 0.453 e. The number of piperidine rings is 1. The van der Waals surface area contributed by atoms with Crippen LogP contribution in [0.3, 0.4) is 0 Å². The molecule has 0 spiro atoms. The molecule has 12 nitrogen and oxygen atoms in total. The van der Waals surface area contributed by atoms with Gasteiger partial charge in [0, 0.05) is 65.9 Å². The van der Waals surface area contributed by atoms with E-state index in [0.29, 0.717) is 29.6 Å². The minimum absolute atomic E-state index is 0.120. The van der Waals surface area contributed by atoms with Gasteiger partial charge < -0.3 is 41.3 Å². The van der Waals surface area contributed by atoms with Crippen molar-refractivity contribution in [2.75, 3.05) is 26.9 Å². The number of aromatic nitrogens is 1. The molecular weight excluding hydrogens is 840 g/mol. The zero-order valence-electron chi connectivity index (χ0n) is 35.0. The van der Waals surface area contributed by atoms with E-state index in [9.17, 15) is 36.6 Å². The number of halogens is 7. The van der Waals surface area contributed by atoms with Crippen LogP contribution in [0.25, 0.3) is 11.1 Å². The topological polar surface area (TPSA) is 161 Å². The average molecular weight is 892 g/mol. The number of hydrogen-bond donors (Lipinski definition) is 6. The monoisotopic (exact) mass is 891 g/mol. The van der Waals surface area contributed by atoms with Gasteiger partial charge in [0.05, 0.1) is 49.6 Å². The Labute approximate surface area is 360 Å². The summed E-state index contributed by atoms with van der Waals surface area (Å²) in [7, 11) is 0.922. The number of nitrogens with one attached hydrogen (secondary N) is 5. The SMILES string of the molecule is COC(=O)NC(C(=O)N[C@@H](Cc1ccc(-c2ccc(C3CC4CCC(C3)N4C3COC3)nc2)cc1)[C@@H](O)CNCc1c(F)cc(C(=N)/C=C\NC(F)F)cc1F)C(C)(C)C(F)(F)F. The van der Waals surface area contributed by atoms with E-state index in [0.717, 1.165) is 88.2 Å². The number of alkyl carbamates (subject to hydrolysis) is 1. The Hall–Kier alpha value is -5.11. The maximum absolute atomic E-state index is 15.0. The van der Waals surface area contributed by atoms with E-state index in [1.165, 1.54) is 12.8 Å².